The first-order chi connectivity index (χ1) is 10.4. The molecule has 21 heavy (non-hydrogen) atoms. The van der Waals surface area contributed by atoms with Gasteiger partial charge in [-0.2, -0.15) is 0 Å². The molecule has 0 saturated carbocycles. The average molecular weight is 314 g/mol. The summed E-state index contributed by atoms with van der Waals surface area (Å²) in [6.07, 6.45) is 2.35. The van der Waals surface area contributed by atoms with E-state index in [-0.39, 0.29) is 4.27 Å². The van der Waals surface area contributed by atoms with Crippen LogP contribution in [0.15, 0.2) is 54.6 Å². The van der Waals surface area contributed by atoms with E-state index in [0.29, 0.717) is 5.92 Å². The highest BCUT2D eigenvalue weighted by Crippen LogP contribution is 2.56. The Labute approximate surface area is 134 Å². The highest BCUT2D eigenvalue weighted by molar-refractivity contribution is 8.18. The average Bonchev–Trinajstić information content (AvgIpc) is 2.56. The minimum absolute atomic E-state index is 0.145. The molecule has 2 aliphatic heterocycles. The van der Waals surface area contributed by atoms with Crippen LogP contribution >= 0.6 is 23.5 Å². The van der Waals surface area contributed by atoms with Crippen LogP contribution in [-0.2, 0) is 6.42 Å². The van der Waals surface area contributed by atoms with Crippen LogP contribution in [0, 0.1) is 0 Å². The Bertz CT molecular complexity index is 620. The number of ether oxygens (including phenoxy) is 1. The molecule has 1 atom stereocenters. The third-order valence-corrected chi connectivity index (χ3v) is 7.41. The predicted molar refractivity (Wildman–Crippen MR) is 92.2 cm³/mol. The second kappa shape index (κ2) is 5.62. The fraction of sp³-hybridized carbons (Fsp3) is 0.333. The number of rotatable bonds is 1. The van der Waals surface area contributed by atoms with Crippen molar-refractivity contribution >= 4 is 23.5 Å². The van der Waals surface area contributed by atoms with E-state index in [0.717, 1.165) is 12.2 Å². The molecule has 1 saturated heterocycles. The van der Waals surface area contributed by atoms with E-state index in [9.17, 15) is 0 Å². The van der Waals surface area contributed by atoms with Gasteiger partial charge in [0, 0.05) is 5.92 Å². The van der Waals surface area contributed by atoms with Crippen molar-refractivity contribution in [3.05, 3.63) is 65.7 Å². The monoisotopic (exact) mass is 314 g/mol. The van der Waals surface area contributed by atoms with E-state index in [2.05, 4.69) is 54.6 Å². The van der Waals surface area contributed by atoms with Crippen LogP contribution < -0.4 is 4.74 Å². The van der Waals surface area contributed by atoms with E-state index < -0.39 is 0 Å². The first kappa shape index (κ1) is 13.6. The summed E-state index contributed by atoms with van der Waals surface area (Å²) < 4.78 is 6.41. The minimum atomic E-state index is -0.145. The van der Waals surface area contributed by atoms with Gasteiger partial charge in [-0.3, -0.25) is 0 Å². The molecule has 0 unspecified atom stereocenters. The Balaban J connectivity index is 1.78. The van der Waals surface area contributed by atoms with Gasteiger partial charge >= 0.3 is 0 Å². The molecule has 3 heteroatoms. The van der Waals surface area contributed by atoms with Gasteiger partial charge in [0.2, 0.25) is 4.27 Å². The normalized spacial score (nSPS) is 23.3. The third-order valence-electron chi connectivity index (χ3n) is 4.17. The molecule has 0 aromatic heterocycles. The quantitative estimate of drug-likeness (QED) is 0.738. The maximum Gasteiger partial charge on any atom is 0.208 e. The van der Waals surface area contributed by atoms with Gasteiger partial charge in [0.25, 0.3) is 0 Å². The van der Waals surface area contributed by atoms with Crippen LogP contribution in [0.25, 0.3) is 0 Å². The van der Waals surface area contributed by atoms with Crippen molar-refractivity contribution in [3.8, 4) is 5.75 Å². The third kappa shape index (κ3) is 2.47. The van der Waals surface area contributed by atoms with Crippen LogP contribution in [-0.4, -0.2) is 15.8 Å². The molecule has 2 aromatic rings. The number of para-hydroxylation sites is 1. The number of benzene rings is 2. The fourth-order valence-electron chi connectivity index (χ4n) is 3.14. The summed E-state index contributed by atoms with van der Waals surface area (Å²) in [6, 6.07) is 19.4. The van der Waals surface area contributed by atoms with Gasteiger partial charge in [0.05, 0.1) is 0 Å². The molecule has 2 aromatic carbocycles. The largest absolute Gasteiger partial charge is 0.466 e. The molecule has 4 rings (SSSR count). The van der Waals surface area contributed by atoms with Crippen LogP contribution in [0.3, 0.4) is 0 Å². The highest BCUT2D eigenvalue weighted by atomic mass is 32.2. The summed E-state index contributed by atoms with van der Waals surface area (Å²) in [5, 5.41) is 0. The standard InChI is InChI=1S/C18H18OS2/c1-2-7-14(8-3-1)16-13-15-9-4-5-10-17(15)19-18(16)20-11-6-12-21-18/h1-5,7-10,16H,6,11-13H2/t16-/m0/s1. The lowest BCUT2D eigenvalue weighted by atomic mass is 9.90. The molecule has 0 N–H and O–H groups in total. The molecule has 1 nitrogen and oxygen atoms in total. The summed E-state index contributed by atoms with van der Waals surface area (Å²) >= 11 is 3.99. The van der Waals surface area contributed by atoms with E-state index in [1.165, 1.54) is 29.1 Å². The minimum Gasteiger partial charge on any atom is -0.466 e. The van der Waals surface area contributed by atoms with Gasteiger partial charge in [0.15, 0.2) is 0 Å². The summed E-state index contributed by atoms with van der Waals surface area (Å²) in [5.41, 5.74) is 2.73. The smallest absolute Gasteiger partial charge is 0.208 e. The van der Waals surface area contributed by atoms with Crippen molar-refractivity contribution < 1.29 is 4.74 Å². The summed E-state index contributed by atoms with van der Waals surface area (Å²) in [4.78, 5) is 0. The van der Waals surface area contributed by atoms with E-state index in [1.54, 1.807) is 0 Å². The Kier molecular flexibility index (Phi) is 3.64. The lowest BCUT2D eigenvalue weighted by molar-refractivity contribution is 0.198. The molecular formula is C18H18OS2. The molecular weight excluding hydrogens is 296 g/mol. The maximum atomic E-state index is 6.55. The van der Waals surface area contributed by atoms with Gasteiger partial charge in [-0.15, -0.1) is 23.5 Å². The SMILES string of the molecule is c1ccc([C@@H]2Cc3ccccc3OC23SCCCS3)cc1. The van der Waals surface area contributed by atoms with E-state index in [4.69, 9.17) is 4.74 Å². The van der Waals surface area contributed by atoms with Crippen molar-refractivity contribution in [2.24, 2.45) is 0 Å². The molecule has 0 amide bonds. The zero-order valence-electron chi connectivity index (χ0n) is 11.8. The van der Waals surface area contributed by atoms with Gasteiger partial charge in [-0.1, -0.05) is 48.5 Å². The van der Waals surface area contributed by atoms with Gasteiger partial charge in [-0.25, -0.2) is 0 Å². The van der Waals surface area contributed by atoms with Crippen molar-refractivity contribution in [1.29, 1.82) is 0 Å². The zero-order valence-corrected chi connectivity index (χ0v) is 13.5. The number of thioether (sulfide) groups is 2. The molecule has 0 bridgehead atoms. The van der Waals surface area contributed by atoms with Crippen molar-refractivity contribution in [3.63, 3.8) is 0 Å². The van der Waals surface area contributed by atoms with Gasteiger partial charge in [-0.05, 0) is 41.5 Å². The van der Waals surface area contributed by atoms with Crippen molar-refractivity contribution in [2.75, 3.05) is 11.5 Å². The molecule has 1 spiro atoms. The lowest BCUT2D eigenvalue weighted by Crippen LogP contribution is -2.42. The van der Waals surface area contributed by atoms with Crippen LogP contribution in [0.1, 0.15) is 23.5 Å². The molecule has 0 aliphatic carbocycles. The van der Waals surface area contributed by atoms with Gasteiger partial charge < -0.3 is 4.74 Å². The second-order valence-electron chi connectivity index (χ2n) is 5.53. The number of hydrogen-bond acceptors (Lipinski definition) is 3. The maximum absolute atomic E-state index is 6.55. The Hall–Kier alpha value is -1.06. The first-order valence-corrected chi connectivity index (χ1v) is 9.44. The summed E-state index contributed by atoms with van der Waals surface area (Å²) in [7, 11) is 0. The summed E-state index contributed by atoms with van der Waals surface area (Å²) in [6.45, 7) is 0. The molecule has 0 radical (unpaired) electrons. The fourth-order valence-corrected chi connectivity index (χ4v) is 6.44. The van der Waals surface area contributed by atoms with Crippen molar-refractivity contribution in [2.45, 2.75) is 23.0 Å². The Morgan fingerprint density at radius 3 is 2.43 bits per heavy atom. The Morgan fingerprint density at radius 2 is 1.62 bits per heavy atom. The zero-order chi connectivity index (χ0) is 14.1. The predicted octanol–water partition coefficient (Wildman–Crippen LogP) is 4.93. The van der Waals surface area contributed by atoms with Crippen LogP contribution in [0.4, 0.5) is 0 Å². The number of fused-ring (bicyclic) bond motifs is 1. The summed E-state index contributed by atoms with van der Waals surface area (Å²) in [5.74, 6) is 3.88. The first-order valence-electron chi connectivity index (χ1n) is 7.47. The van der Waals surface area contributed by atoms with Gasteiger partial charge in [0.1, 0.15) is 5.75 Å². The Morgan fingerprint density at radius 1 is 0.905 bits per heavy atom. The lowest BCUT2D eigenvalue weighted by Gasteiger charge is -2.45. The highest BCUT2D eigenvalue weighted by Gasteiger charge is 2.47. The van der Waals surface area contributed by atoms with Crippen LogP contribution in [0.2, 0.25) is 0 Å². The number of hydrogen-bond donors (Lipinski definition) is 0. The van der Waals surface area contributed by atoms with E-state index in [1.807, 2.05) is 23.5 Å². The molecule has 2 heterocycles. The molecule has 2 aliphatic rings. The topological polar surface area (TPSA) is 9.23 Å². The van der Waals surface area contributed by atoms with Crippen LogP contribution in [0.5, 0.6) is 5.75 Å². The van der Waals surface area contributed by atoms with Crippen molar-refractivity contribution in [1.82, 2.24) is 0 Å². The molecule has 108 valence electrons. The van der Waals surface area contributed by atoms with E-state index >= 15 is 0 Å². The molecule has 1 fully saturated rings. The second-order valence-corrected chi connectivity index (χ2v) is 8.40.